The molecule has 1 amide bonds. The molecular formula is C21H17FN2O2. The molecule has 0 fully saturated rings. The molecule has 0 radical (unpaired) electrons. The van der Waals surface area contributed by atoms with Crippen molar-refractivity contribution in [2.75, 3.05) is 0 Å². The molecule has 0 unspecified atom stereocenters. The monoisotopic (exact) mass is 348 g/mol. The molecule has 3 aromatic carbocycles. The molecule has 0 bridgehead atoms. The fourth-order valence-corrected chi connectivity index (χ4v) is 2.61. The van der Waals surface area contributed by atoms with Crippen molar-refractivity contribution >= 4 is 12.1 Å². The van der Waals surface area contributed by atoms with Gasteiger partial charge in [0.2, 0.25) is 0 Å². The van der Waals surface area contributed by atoms with Crippen LogP contribution < -0.4 is 5.43 Å². The third-order valence-corrected chi connectivity index (χ3v) is 3.99. The molecule has 0 aliphatic heterocycles. The standard InChI is InChI=1S/C21H17FN2O2/c22-19-14-8-7-9-16(19)15-23-24-20(25)21(26,17-10-3-1-4-11-17)18-12-5-2-6-13-18/h1-15,26H,(H,24,25)/b23-15+. The van der Waals surface area contributed by atoms with Crippen molar-refractivity contribution in [2.24, 2.45) is 5.10 Å². The number of hydrazone groups is 1. The number of hydrogen-bond donors (Lipinski definition) is 2. The Morgan fingerprint density at radius 2 is 1.38 bits per heavy atom. The third kappa shape index (κ3) is 3.53. The van der Waals surface area contributed by atoms with Gasteiger partial charge in [0, 0.05) is 5.56 Å². The molecule has 0 aliphatic rings. The SMILES string of the molecule is O=C(N/N=C/c1ccccc1F)C(O)(c1ccccc1)c1ccccc1. The largest absolute Gasteiger partial charge is 0.372 e. The first-order valence-electron chi connectivity index (χ1n) is 8.04. The summed E-state index contributed by atoms with van der Waals surface area (Å²) in [6.07, 6.45) is 1.20. The Morgan fingerprint density at radius 3 is 1.92 bits per heavy atom. The van der Waals surface area contributed by atoms with Gasteiger partial charge in [-0.25, -0.2) is 9.82 Å². The van der Waals surface area contributed by atoms with Crippen LogP contribution in [0.15, 0.2) is 90.0 Å². The number of rotatable bonds is 5. The quantitative estimate of drug-likeness (QED) is 0.549. The zero-order valence-electron chi connectivity index (χ0n) is 13.8. The molecule has 0 aromatic heterocycles. The van der Waals surface area contributed by atoms with Gasteiger partial charge < -0.3 is 5.11 Å². The van der Waals surface area contributed by atoms with Gasteiger partial charge in [-0.15, -0.1) is 0 Å². The molecule has 0 atom stereocenters. The van der Waals surface area contributed by atoms with Crippen LogP contribution in [-0.2, 0) is 10.4 Å². The van der Waals surface area contributed by atoms with Gasteiger partial charge in [-0.05, 0) is 17.2 Å². The number of aliphatic hydroxyl groups is 1. The first kappa shape index (κ1) is 17.5. The Bertz CT molecular complexity index is 872. The van der Waals surface area contributed by atoms with E-state index in [-0.39, 0.29) is 5.56 Å². The van der Waals surface area contributed by atoms with Crippen molar-refractivity contribution in [3.05, 3.63) is 107 Å². The van der Waals surface area contributed by atoms with Crippen LogP contribution in [0.5, 0.6) is 0 Å². The van der Waals surface area contributed by atoms with Crippen LogP contribution >= 0.6 is 0 Å². The van der Waals surface area contributed by atoms with E-state index in [0.717, 1.165) is 0 Å². The second-order valence-electron chi connectivity index (χ2n) is 5.66. The van der Waals surface area contributed by atoms with Crippen molar-refractivity contribution in [1.82, 2.24) is 5.43 Å². The Labute approximate surface area is 150 Å². The molecule has 0 aliphatic carbocycles. The topological polar surface area (TPSA) is 61.7 Å². The third-order valence-electron chi connectivity index (χ3n) is 3.99. The number of carbonyl (C=O) groups is 1. The van der Waals surface area contributed by atoms with Crippen LogP contribution in [0.2, 0.25) is 0 Å². The second kappa shape index (κ2) is 7.72. The number of amides is 1. The number of halogens is 1. The number of hydrogen-bond acceptors (Lipinski definition) is 3. The minimum atomic E-state index is -1.92. The average Bonchev–Trinajstić information content (AvgIpc) is 2.70. The predicted molar refractivity (Wildman–Crippen MR) is 98.0 cm³/mol. The zero-order chi connectivity index (χ0) is 18.4. The molecule has 4 nitrogen and oxygen atoms in total. The van der Waals surface area contributed by atoms with E-state index < -0.39 is 17.3 Å². The molecule has 0 saturated heterocycles. The van der Waals surface area contributed by atoms with Crippen molar-refractivity contribution in [1.29, 1.82) is 0 Å². The summed E-state index contributed by atoms with van der Waals surface area (Å²) in [6, 6.07) is 23.2. The predicted octanol–water partition coefficient (Wildman–Crippen LogP) is 3.21. The van der Waals surface area contributed by atoms with E-state index in [1.807, 2.05) is 0 Å². The Kier molecular flexibility index (Phi) is 5.20. The second-order valence-corrected chi connectivity index (χ2v) is 5.66. The Balaban J connectivity index is 1.90. The summed E-state index contributed by atoms with van der Waals surface area (Å²) < 4.78 is 13.6. The highest BCUT2D eigenvalue weighted by atomic mass is 19.1. The van der Waals surface area contributed by atoms with E-state index in [0.29, 0.717) is 11.1 Å². The zero-order valence-corrected chi connectivity index (χ0v) is 13.8. The van der Waals surface area contributed by atoms with Crippen LogP contribution in [0.1, 0.15) is 16.7 Å². The van der Waals surface area contributed by atoms with E-state index in [1.54, 1.807) is 72.8 Å². The summed E-state index contributed by atoms with van der Waals surface area (Å²) in [4.78, 5) is 12.8. The summed E-state index contributed by atoms with van der Waals surface area (Å²) in [5, 5.41) is 15.0. The molecular weight excluding hydrogens is 331 g/mol. The van der Waals surface area contributed by atoms with Crippen LogP contribution in [0, 0.1) is 5.82 Å². The van der Waals surface area contributed by atoms with Gasteiger partial charge in [-0.2, -0.15) is 5.10 Å². The normalized spacial score (nSPS) is 11.5. The molecule has 3 rings (SSSR count). The van der Waals surface area contributed by atoms with Crippen LogP contribution in [0.25, 0.3) is 0 Å². The fraction of sp³-hybridized carbons (Fsp3) is 0.0476. The highest BCUT2D eigenvalue weighted by molar-refractivity contribution is 5.91. The molecule has 130 valence electrons. The fourth-order valence-electron chi connectivity index (χ4n) is 2.61. The van der Waals surface area contributed by atoms with Gasteiger partial charge >= 0.3 is 0 Å². The van der Waals surface area contributed by atoms with E-state index in [1.165, 1.54) is 18.3 Å². The minimum absolute atomic E-state index is 0.232. The van der Waals surface area contributed by atoms with Crippen molar-refractivity contribution in [2.45, 2.75) is 5.60 Å². The lowest BCUT2D eigenvalue weighted by atomic mass is 9.85. The van der Waals surface area contributed by atoms with E-state index in [2.05, 4.69) is 10.5 Å². The van der Waals surface area contributed by atoms with Crippen molar-refractivity contribution in [3.8, 4) is 0 Å². The first-order valence-corrected chi connectivity index (χ1v) is 8.04. The van der Waals surface area contributed by atoms with Gasteiger partial charge in [0.25, 0.3) is 5.91 Å². The number of nitrogens with one attached hydrogen (secondary N) is 1. The van der Waals surface area contributed by atoms with Gasteiger partial charge in [-0.3, -0.25) is 4.79 Å². The van der Waals surface area contributed by atoms with E-state index in [4.69, 9.17) is 0 Å². The average molecular weight is 348 g/mol. The lowest BCUT2D eigenvalue weighted by Gasteiger charge is -2.27. The maximum Gasteiger partial charge on any atom is 0.281 e. The van der Waals surface area contributed by atoms with Crippen LogP contribution in [0.4, 0.5) is 4.39 Å². The molecule has 0 spiro atoms. The number of nitrogens with zero attached hydrogens (tertiary/aromatic N) is 1. The van der Waals surface area contributed by atoms with Gasteiger partial charge in [0.1, 0.15) is 5.82 Å². The summed E-state index contributed by atoms with van der Waals surface area (Å²) >= 11 is 0. The molecule has 2 N–H and O–H groups in total. The first-order chi connectivity index (χ1) is 12.6. The van der Waals surface area contributed by atoms with Crippen LogP contribution in [-0.4, -0.2) is 17.2 Å². The molecule has 26 heavy (non-hydrogen) atoms. The summed E-state index contributed by atoms with van der Waals surface area (Å²) in [5.41, 5.74) is 1.43. The molecule has 0 heterocycles. The highest BCUT2D eigenvalue weighted by Gasteiger charge is 2.39. The highest BCUT2D eigenvalue weighted by Crippen LogP contribution is 2.29. The van der Waals surface area contributed by atoms with Gasteiger partial charge in [-0.1, -0.05) is 78.9 Å². The van der Waals surface area contributed by atoms with Gasteiger partial charge in [0.15, 0.2) is 5.60 Å². The van der Waals surface area contributed by atoms with Crippen molar-refractivity contribution < 1.29 is 14.3 Å². The lowest BCUT2D eigenvalue weighted by Crippen LogP contribution is -2.43. The van der Waals surface area contributed by atoms with Crippen molar-refractivity contribution in [3.63, 3.8) is 0 Å². The molecule has 3 aromatic rings. The molecule has 0 saturated carbocycles. The Morgan fingerprint density at radius 1 is 0.885 bits per heavy atom. The van der Waals surface area contributed by atoms with E-state index >= 15 is 0 Å². The van der Waals surface area contributed by atoms with Crippen LogP contribution in [0.3, 0.4) is 0 Å². The smallest absolute Gasteiger partial charge is 0.281 e. The molecule has 5 heteroatoms. The maximum atomic E-state index is 13.6. The van der Waals surface area contributed by atoms with E-state index in [9.17, 15) is 14.3 Å². The Hall–Kier alpha value is -3.31. The summed E-state index contributed by atoms with van der Waals surface area (Å²) in [5.74, 6) is -1.19. The minimum Gasteiger partial charge on any atom is -0.372 e. The van der Waals surface area contributed by atoms with Gasteiger partial charge in [0.05, 0.1) is 6.21 Å². The number of benzene rings is 3. The number of carbonyl (C=O) groups excluding carboxylic acids is 1. The summed E-state index contributed by atoms with van der Waals surface area (Å²) in [6.45, 7) is 0. The lowest BCUT2D eigenvalue weighted by molar-refractivity contribution is -0.136. The maximum absolute atomic E-state index is 13.6. The summed E-state index contributed by atoms with van der Waals surface area (Å²) in [7, 11) is 0.